The van der Waals surface area contributed by atoms with E-state index < -0.39 is 41.8 Å². The number of esters is 1. The average Bonchev–Trinajstić information content (AvgIpc) is 3.17. The van der Waals surface area contributed by atoms with Crippen LogP contribution in [0.15, 0.2) is 26.1 Å². The van der Waals surface area contributed by atoms with Crippen LogP contribution in [0.1, 0.15) is 43.0 Å². The van der Waals surface area contributed by atoms with E-state index >= 15 is 0 Å². The number of carbonyl (C=O) groups is 2. The summed E-state index contributed by atoms with van der Waals surface area (Å²) in [4.78, 5) is 55.3. The highest BCUT2D eigenvalue weighted by molar-refractivity contribution is 7.99. The first kappa shape index (κ1) is 31.0. The molecule has 1 aliphatic heterocycles. The van der Waals surface area contributed by atoms with Gasteiger partial charge in [-0.15, -0.1) is 11.8 Å². The summed E-state index contributed by atoms with van der Waals surface area (Å²) in [5.74, 6) is -1.11. The molecule has 5 aromatic rings. The fourth-order valence-electron chi connectivity index (χ4n) is 7.72. The summed E-state index contributed by atoms with van der Waals surface area (Å²) < 4.78 is 16.9. The summed E-state index contributed by atoms with van der Waals surface area (Å²) in [7, 11) is 2.71. The number of hydrogen-bond donors (Lipinski definition) is 4. The maximum absolute atomic E-state index is 14.7. The molecule has 11 nitrogen and oxygen atoms in total. The molecule has 1 atom stereocenters. The molecule has 0 fully saturated rings. The summed E-state index contributed by atoms with van der Waals surface area (Å²) in [6, 6.07) is 0.433. The minimum absolute atomic E-state index is 0.0156. The third-order valence-corrected chi connectivity index (χ3v) is 10.6. The lowest BCUT2D eigenvalue weighted by atomic mass is 9.80. The van der Waals surface area contributed by atoms with E-state index in [0.717, 1.165) is 0 Å². The van der Waals surface area contributed by atoms with Gasteiger partial charge in [0.15, 0.2) is 28.5 Å². The lowest BCUT2D eigenvalue weighted by Gasteiger charge is -2.31. The van der Waals surface area contributed by atoms with Crippen LogP contribution in [0.4, 0.5) is 5.69 Å². The van der Waals surface area contributed by atoms with Crippen LogP contribution in [0.2, 0.25) is 0 Å². The van der Waals surface area contributed by atoms with E-state index in [9.17, 15) is 34.5 Å². The minimum Gasteiger partial charge on any atom is -0.504 e. The Labute approximate surface area is 271 Å². The van der Waals surface area contributed by atoms with Crippen molar-refractivity contribution in [2.75, 3.05) is 31.9 Å². The van der Waals surface area contributed by atoms with Crippen LogP contribution < -0.4 is 25.6 Å². The van der Waals surface area contributed by atoms with Gasteiger partial charge in [0.25, 0.3) is 0 Å². The van der Waals surface area contributed by atoms with Gasteiger partial charge in [-0.3, -0.25) is 14.4 Å². The number of aliphatic hydroxyl groups is 2. The Kier molecular flexibility index (Phi) is 7.23. The number of phenolic OH excluding ortho intramolecular Hbond substituents is 1. The number of aromatic hydroxyl groups is 1. The lowest BCUT2D eigenvalue weighted by Crippen LogP contribution is -2.36. The molecule has 0 aromatic heterocycles. The molecule has 5 aromatic carbocycles. The van der Waals surface area contributed by atoms with Crippen LogP contribution >= 0.6 is 11.8 Å². The topological polar surface area (TPSA) is 169 Å². The van der Waals surface area contributed by atoms with Crippen molar-refractivity contribution in [3.63, 3.8) is 0 Å². The minimum atomic E-state index is -0.798. The van der Waals surface area contributed by atoms with Gasteiger partial charge in [0, 0.05) is 49.1 Å². The van der Waals surface area contributed by atoms with Gasteiger partial charge in [-0.1, -0.05) is 5.57 Å². The molecule has 1 unspecified atom stereocenters. The van der Waals surface area contributed by atoms with Gasteiger partial charge in [0.1, 0.15) is 6.04 Å². The summed E-state index contributed by atoms with van der Waals surface area (Å²) in [6.45, 7) is 3.95. The quantitative estimate of drug-likeness (QED) is 0.113. The number of carbonyl (C=O) groups excluding carboxylic acids is 2. The van der Waals surface area contributed by atoms with Crippen LogP contribution in [0.5, 0.6) is 17.2 Å². The number of methoxy groups -OCH3 is 2. The van der Waals surface area contributed by atoms with Gasteiger partial charge in [0.2, 0.25) is 5.43 Å². The Morgan fingerprint density at radius 3 is 2.28 bits per heavy atom. The number of nitrogens with one attached hydrogen (secondary N) is 1. The summed E-state index contributed by atoms with van der Waals surface area (Å²) in [5.41, 5.74) is 1.44. The van der Waals surface area contributed by atoms with E-state index in [1.807, 2.05) is 0 Å². The van der Waals surface area contributed by atoms with Crippen LogP contribution in [0, 0.1) is 0 Å². The molecule has 1 heterocycles. The lowest BCUT2D eigenvalue weighted by molar-refractivity contribution is -0.143. The molecule has 0 spiro atoms. The van der Waals surface area contributed by atoms with Crippen molar-refractivity contribution in [1.82, 2.24) is 0 Å². The Morgan fingerprint density at radius 1 is 0.957 bits per heavy atom. The number of fused-ring (bicyclic) bond motifs is 3. The molecule has 0 amide bonds. The third-order valence-electron chi connectivity index (χ3n) is 9.36. The normalized spacial score (nSPS) is 15.9. The van der Waals surface area contributed by atoms with Gasteiger partial charge < -0.3 is 34.8 Å². The highest BCUT2D eigenvalue weighted by atomic mass is 32.2. The average molecular weight is 658 g/mol. The van der Waals surface area contributed by atoms with Crippen molar-refractivity contribution in [2.45, 2.75) is 51.3 Å². The molecule has 4 N–H and O–H groups in total. The second kappa shape index (κ2) is 11.0. The molecule has 242 valence electrons. The first-order chi connectivity index (χ1) is 22.6. The molecular formula is C35H31NO10S. The highest BCUT2D eigenvalue weighted by Crippen LogP contribution is 2.57. The number of phenols is 1. The number of thioether (sulfide) groups is 1. The zero-order valence-corrected chi connectivity index (χ0v) is 27.1. The zero-order chi connectivity index (χ0) is 33.6. The number of Topliss-reactive ketones (excluding diaryl/α,β-unsaturated/α-hetero) is 1. The molecule has 1 aliphatic carbocycles. The number of hydrogen-bond acceptors (Lipinski definition) is 12. The molecule has 47 heavy (non-hydrogen) atoms. The third kappa shape index (κ3) is 3.95. The van der Waals surface area contributed by atoms with Crippen molar-refractivity contribution in [2.24, 2.45) is 0 Å². The van der Waals surface area contributed by atoms with Gasteiger partial charge in [-0.2, -0.15) is 0 Å². The smallest absolute Gasteiger partial charge is 0.329 e. The Hall–Kier alpha value is -4.65. The van der Waals surface area contributed by atoms with E-state index in [4.69, 9.17) is 14.2 Å². The first-order valence-corrected chi connectivity index (χ1v) is 16.1. The summed E-state index contributed by atoms with van der Waals surface area (Å²) in [6.07, 6.45) is 0.108. The van der Waals surface area contributed by atoms with E-state index in [0.29, 0.717) is 54.2 Å². The standard InChI is InChI=1S/C35H31NO10S/c1-6-46-35(43)17-11-47-34-16(10-38)22-20-14(9-37)8-18(40)23-24(20)26-21-15(32(44-4)31(42)28(25(21)22)29(34)36-17)7-12(2)19(13(3)39)27(26)33(45-5)30(23)41/h8,17,36-38,41H,6-7,9-11H2,1-5H3. The van der Waals surface area contributed by atoms with E-state index in [2.05, 4.69) is 5.32 Å². The molecule has 0 radical (unpaired) electrons. The highest BCUT2D eigenvalue weighted by Gasteiger charge is 2.38. The molecule has 7 rings (SSSR count). The van der Waals surface area contributed by atoms with Crippen molar-refractivity contribution in [3.8, 4) is 17.2 Å². The molecule has 0 bridgehead atoms. The number of aliphatic hydroxyl groups excluding tert-OH is 2. The number of ketones is 1. The van der Waals surface area contributed by atoms with Crippen LogP contribution in [-0.2, 0) is 34.0 Å². The number of allylic oxidation sites excluding steroid dienone is 2. The fourth-order valence-corrected chi connectivity index (χ4v) is 8.91. The first-order valence-electron chi connectivity index (χ1n) is 15.1. The SMILES string of the molecule is CCOC(=O)C1CSc2c(c3c(=O)c(OC)c4c5c6c(c(OC)c(O)c7c(=O)cc(CO)c(c(c2CO)c35)c76)C(C(C)=O)=C(C)C4)N1. The Balaban J connectivity index is 1.90. The molecule has 12 heteroatoms. The fraction of sp³-hybridized carbons (Fsp3) is 0.314. The van der Waals surface area contributed by atoms with Crippen molar-refractivity contribution < 1.29 is 39.1 Å². The van der Waals surface area contributed by atoms with E-state index in [1.165, 1.54) is 39.0 Å². The van der Waals surface area contributed by atoms with E-state index in [1.54, 1.807) is 13.8 Å². The van der Waals surface area contributed by atoms with Crippen LogP contribution in [0.25, 0.3) is 48.7 Å². The number of anilines is 1. The van der Waals surface area contributed by atoms with Crippen LogP contribution in [-0.4, -0.2) is 59.7 Å². The summed E-state index contributed by atoms with van der Waals surface area (Å²) in [5, 5.41) is 39.0. The number of ether oxygens (including phenoxy) is 3. The Bertz CT molecular complexity index is 2380. The molecule has 0 saturated heterocycles. The van der Waals surface area contributed by atoms with E-state index in [-0.39, 0.29) is 68.9 Å². The molecule has 2 aliphatic rings. The number of benzene rings is 5. The summed E-state index contributed by atoms with van der Waals surface area (Å²) >= 11 is 1.28. The monoisotopic (exact) mass is 657 g/mol. The maximum atomic E-state index is 14.7. The maximum Gasteiger partial charge on any atom is 0.329 e. The zero-order valence-electron chi connectivity index (χ0n) is 26.3. The van der Waals surface area contributed by atoms with Crippen molar-refractivity contribution >= 4 is 77.9 Å². The second-order valence-electron chi connectivity index (χ2n) is 11.8. The second-order valence-corrected chi connectivity index (χ2v) is 12.8. The van der Waals surface area contributed by atoms with Gasteiger partial charge in [-0.05, 0) is 55.0 Å². The Morgan fingerprint density at radius 2 is 1.66 bits per heavy atom. The predicted molar refractivity (Wildman–Crippen MR) is 180 cm³/mol. The predicted octanol–water partition coefficient (Wildman–Crippen LogP) is 3.97. The van der Waals surface area contributed by atoms with Crippen molar-refractivity contribution in [1.29, 1.82) is 0 Å². The van der Waals surface area contributed by atoms with Gasteiger partial charge >= 0.3 is 5.97 Å². The van der Waals surface area contributed by atoms with Crippen molar-refractivity contribution in [3.05, 3.63) is 54.3 Å². The molecule has 0 saturated carbocycles. The number of rotatable bonds is 7. The van der Waals surface area contributed by atoms with Crippen LogP contribution in [0.3, 0.4) is 0 Å². The van der Waals surface area contributed by atoms with Gasteiger partial charge in [-0.25, -0.2) is 4.79 Å². The largest absolute Gasteiger partial charge is 0.504 e. The molecular weight excluding hydrogens is 626 g/mol. The van der Waals surface area contributed by atoms with Gasteiger partial charge in [0.05, 0.1) is 50.5 Å².